The van der Waals surface area contributed by atoms with E-state index in [1.165, 1.54) is 12.2 Å². The van der Waals surface area contributed by atoms with Crippen molar-refractivity contribution < 1.29 is 28.7 Å². The van der Waals surface area contributed by atoms with Crippen molar-refractivity contribution in [2.24, 2.45) is 5.92 Å². The second-order valence-corrected chi connectivity index (χ2v) is 11.7. The largest absolute Gasteiger partial charge is 0.395 e. The molecule has 128 valence electrons. The minimum Gasteiger partial charge on any atom is -0.395 e. The second-order valence-electron chi connectivity index (χ2n) is 7.32. The van der Waals surface area contributed by atoms with E-state index in [4.69, 9.17) is 18.8 Å². The molecule has 0 aliphatic carbocycles. The minimum absolute atomic E-state index is 0.113. The molecule has 8 heteroatoms. The zero-order valence-corrected chi connectivity index (χ0v) is 15.2. The van der Waals surface area contributed by atoms with E-state index in [2.05, 4.69) is 0 Å². The summed E-state index contributed by atoms with van der Waals surface area (Å²) in [5.41, 5.74) is 0. The molecule has 2 unspecified atom stereocenters. The molecule has 7 nitrogen and oxygen atoms in total. The maximum absolute atomic E-state index is 12.0. The molecule has 0 aromatic heterocycles. The molecule has 0 amide bonds. The molecule has 2 aliphatic heterocycles. The van der Waals surface area contributed by atoms with E-state index in [1.54, 1.807) is 0 Å². The highest BCUT2D eigenvalue weighted by Gasteiger charge is 2.54. The lowest BCUT2D eigenvalue weighted by Crippen LogP contribution is -2.46. The number of hydrogen-bond donors (Lipinski definition) is 1. The molecule has 2 saturated heterocycles. The molecule has 2 fully saturated rings. The van der Waals surface area contributed by atoms with Gasteiger partial charge >= 0.3 is 0 Å². The van der Waals surface area contributed by atoms with Crippen LogP contribution in [-0.2, 0) is 23.6 Å². The Morgan fingerprint density at radius 2 is 2.05 bits per heavy atom. The lowest BCUT2D eigenvalue weighted by Gasteiger charge is -2.30. The number of ketones is 1. The summed E-state index contributed by atoms with van der Waals surface area (Å²) in [7, 11) is -1.94. The van der Waals surface area contributed by atoms with Crippen LogP contribution in [0.5, 0.6) is 0 Å². The summed E-state index contributed by atoms with van der Waals surface area (Å²) in [5.74, 6) is -1.14. The Hall–Kier alpha value is -0.353. The van der Waals surface area contributed by atoms with E-state index in [-0.39, 0.29) is 24.4 Å². The van der Waals surface area contributed by atoms with Crippen LogP contribution in [0.15, 0.2) is 0 Å². The van der Waals surface area contributed by atoms with Crippen LogP contribution in [0.1, 0.15) is 20.8 Å². The van der Waals surface area contributed by atoms with Gasteiger partial charge in [0.2, 0.25) is 8.32 Å². The molecule has 2 aliphatic rings. The molecule has 2 heterocycles. The number of carbonyl (C=O) groups excluding carboxylic acids is 1. The van der Waals surface area contributed by atoms with Crippen LogP contribution >= 0.6 is 0 Å². The Morgan fingerprint density at radius 3 is 2.45 bits per heavy atom. The molecule has 1 N–H and O–H groups in total. The van der Waals surface area contributed by atoms with Crippen molar-refractivity contribution in [1.82, 2.24) is 5.23 Å². The van der Waals surface area contributed by atoms with Crippen molar-refractivity contribution >= 4 is 14.1 Å². The summed E-state index contributed by atoms with van der Waals surface area (Å²) in [5, 5.41) is 11.1. The minimum atomic E-state index is -1.94. The number of hydrogen-bond acceptors (Lipinski definition) is 7. The highest BCUT2D eigenvalue weighted by Crippen LogP contribution is 2.38. The average molecular weight is 333 g/mol. The molecular weight excluding hydrogens is 306 g/mol. The zero-order chi connectivity index (χ0) is 16.7. The number of aliphatic hydroxyl groups excluding tert-OH is 1. The van der Waals surface area contributed by atoms with Gasteiger partial charge in [-0.3, -0.25) is 9.63 Å². The van der Waals surface area contributed by atoms with Crippen molar-refractivity contribution in [3.05, 3.63) is 0 Å². The maximum atomic E-state index is 12.0. The van der Waals surface area contributed by atoms with Crippen molar-refractivity contribution in [1.29, 1.82) is 0 Å². The fourth-order valence-corrected chi connectivity index (χ4v) is 3.56. The highest BCUT2D eigenvalue weighted by molar-refractivity contribution is 6.69. The number of nitrogens with zero attached hydrogens (tertiary/aromatic N) is 1. The Kier molecular flexibility index (Phi) is 5.13. The highest BCUT2D eigenvalue weighted by atomic mass is 28.4. The number of rotatable bonds is 5. The topological polar surface area (TPSA) is 77.5 Å². The lowest BCUT2D eigenvalue weighted by atomic mass is 9.88. The second kappa shape index (κ2) is 6.27. The van der Waals surface area contributed by atoms with Gasteiger partial charge in [0.1, 0.15) is 6.10 Å². The first-order valence-electron chi connectivity index (χ1n) is 7.62. The summed E-state index contributed by atoms with van der Waals surface area (Å²) in [4.78, 5) is 17.7. The molecule has 22 heavy (non-hydrogen) atoms. The SMILES string of the molecule is CC(=O)[C@H]1ON(O[Si](C)(C)C)C(CO)[C@H]1C1COC(C)(C)O1. The summed E-state index contributed by atoms with van der Waals surface area (Å²) < 4.78 is 17.4. The zero-order valence-electron chi connectivity index (χ0n) is 14.2. The van der Waals surface area contributed by atoms with Crippen molar-refractivity contribution in [2.45, 2.75) is 64.4 Å². The van der Waals surface area contributed by atoms with Gasteiger partial charge in [-0.25, -0.2) is 0 Å². The summed E-state index contributed by atoms with van der Waals surface area (Å²) in [6.07, 6.45) is -1.02. The molecule has 0 bridgehead atoms. The number of carbonyl (C=O) groups is 1. The van der Waals surface area contributed by atoms with E-state index in [0.29, 0.717) is 6.61 Å². The fraction of sp³-hybridized carbons (Fsp3) is 0.929. The number of aliphatic hydroxyl groups is 1. The standard InChI is InChI=1S/C14H27NO6Si/c1-9(17)13-12(11-8-18-14(2,3)19-11)10(7-16)15(20-13)21-22(4,5)6/h10-13,16H,7-8H2,1-6H3/t10?,11?,12-,13+/m0/s1. The Balaban J connectivity index is 2.22. The first-order valence-corrected chi connectivity index (χ1v) is 11.0. The lowest BCUT2D eigenvalue weighted by molar-refractivity contribution is -0.324. The first-order chi connectivity index (χ1) is 10.0. The third kappa shape index (κ3) is 3.94. The van der Waals surface area contributed by atoms with Crippen LogP contribution in [0.25, 0.3) is 0 Å². The van der Waals surface area contributed by atoms with Gasteiger partial charge in [0.15, 0.2) is 11.6 Å². The molecule has 4 atom stereocenters. The van der Waals surface area contributed by atoms with Crippen LogP contribution in [-0.4, -0.2) is 61.7 Å². The van der Waals surface area contributed by atoms with Gasteiger partial charge in [0.25, 0.3) is 0 Å². The van der Waals surface area contributed by atoms with Crippen LogP contribution in [0.3, 0.4) is 0 Å². The predicted octanol–water partition coefficient (Wildman–Crippen LogP) is 1.09. The number of ether oxygens (including phenoxy) is 2. The summed E-state index contributed by atoms with van der Waals surface area (Å²) >= 11 is 0. The average Bonchev–Trinajstić information content (AvgIpc) is 2.87. The summed E-state index contributed by atoms with van der Waals surface area (Å²) in [6.45, 7) is 11.4. The van der Waals surface area contributed by atoms with Gasteiger partial charge in [-0.1, -0.05) is 5.23 Å². The monoisotopic (exact) mass is 333 g/mol. The number of hydroxylamine groups is 2. The summed E-state index contributed by atoms with van der Waals surface area (Å²) in [6, 6.07) is -0.455. The Labute approximate surface area is 132 Å². The van der Waals surface area contributed by atoms with Crippen LogP contribution < -0.4 is 0 Å². The van der Waals surface area contributed by atoms with Crippen LogP contribution in [0, 0.1) is 5.92 Å². The molecule has 0 saturated carbocycles. The van der Waals surface area contributed by atoms with E-state index in [9.17, 15) is 9.90 Å². The molecule has 2 rings (SSSR count). The third-order valence-electron chi connectivity index (χ3n) is 3.69. The van der Waals surface area contributed by atoms with Gasteiger partial charge in [-0.05, 0) is 40.4 Å². The molecule has 0 radical (unpaired) electrons. The van der Waals surface area contributed by atoms with Crippen LogP contribution in [0.4, 0.5) is 0 Å². The molecular formula is C14H27NO6Si. The molecule has 0 spiro atoms. The van der Waals surface area contributed by atoms with Gasteiger partial charge in [0.05, 0.1) is 25.4 Å². The fourth-order valence-electron chi connectivity index (χ4n) is 2.84. The van der Waals surface area contributed by atoms with E-state index < -0.39 is 26.3 Å². The molecule has 0 aromatic rings. The van der Waals surface area contributed by atoms with Gasteiger partial charge < -0.3 is 19.1 Å². The van der Waals surface area contributed by atoms with Gasteiger partial charge in [0, 0.05) is 5.92 Å². The van der Waals surface area contributed by atoms with Crippen molar-refractivity contribution in [3.8, 4) is 0 Å². The molecule has 0 aromatic carbocycles. The van der Waals surface area contributed by atoms with Crippen molar-refractivity contribution in [2.75, 3.05) is 13.2 Å². The third-order valence-corrected chi connectivity index (χ3v) is 4.42. The predicted molar refractivity (Wildman–Crippen MR) is 81.1 cm³/mol. The van der Waals surface area contributed by atoms with Gasteiger partial charge in [-0.2, -0.15) is 0 Å². The quantitative estimate of drug-likeness (QED) is 0.755. The van der Waals surface area contributed by atoms with Crippen molar-refractivity contribution in [3.63, 3.8) is 0 Å². The van der Waals surface area contributed by atoms with Crippen LogP contribution in [0.2, 0.25) is 19.6 Å². The first kappa shape index (κ1) is 18.0. The van der Waals surface area contributed by atoms with E-state index in [1.807, 2.05) is 33.5 Å². The van der Waals surface area contributed by atoms with E-state index >= 15 is 0 Å². The number of Topliss-reactive ketones (excluding diaryl/α,β-unsaturated/α-hetero) is 1. The van der Waals surface area contributed by atoms with E-state index in [0.717, 1.165) is 0 Å². The Morgan fingerprint density at radius 1 is 1.41 bits per heavy atom. The van der Waals surface area contributed by atoms with Gasteiger partial charge in [-0.15, -0.1) is 0 Å². The maximum Gasteiger partial charge on any atom is 0.215 e. The normalized spacial score (nSPS) is 36.0. The Bertz CT molecular complexity index is 424. The smallest absolute Gasteiger partial charge is 0.215 e.